The summed E-state index contributed by atoms with van der Waals surface area (Å²) < 4.78 is 10.8. The Hall–Kier alpha value is -3.64. The van der Waals surface area contributed by atoms with Gasteiger partial charge in [0.15, 0.2) is 0 Å². The highest BCUT2D eigenvalue weighted by Gasteiger charge is 2.20. The SMILES string of the molecule is COC(=O)c1cccc(CN(CCCN)C(=O)c2ccccc2OCc2ccccc2)c1. The Balaban J connectivity index is 1.81. The highest BCUT2D eigenvalue weighted by molar-refractivity contribution is 5.97. The molecule has 0 fully saturated rings. The van der Waals surface area contributed by atoms with Crippen molar-refractivity contribution in [1.29, 1.82) is 0 Å². The molecule has 0 heterocycles. The second-order valence-electron chi connectivity index (χ2n) is 7.33. The molecule has 0 aliphatic carbocycles. The third-order valence-corrected chi connectivity index (χ3v) is 5.00. The van der Waals surface area contributed by atoms with E-state index < -0.39 is 5.97 Å². The first-order valence-electron chi connectivity index (χ1n) is 10.5. The van der Waals surface area contributed by atoms with Crippen molar-refractivity contribution in [3.63, 3.8) is 0 Å². The van der Waals surface area contributed by atoms with E-state index in [-0.39, 0.29) is 5.91 Å². The lowest BCUT2D eigenvalue weighted by molar-refractivity contribution is 0.0600. The molecule has 0 unspecified atom stereocenters. The highest BCUT2D eigenvalue weighted by Crippen LogP contribution is 2.23. The fraction of sp³-hybridized carbons (Fsp3) is 0.231. The lowest BCUT2D eigenvalue weighted by Gasteiger charge is -2.24. The molecule has 0 bridgehead atoms. The minimum Gasteiger partial charge on any atom is -0.488 e. The molecule has 0 saturated heterocycles. The fourth-order valence-corrected chi connectivity index (χ4v) is 3.34. The van der Waals surface area contributed by atoms with Crippen molar-refractivity contribution in [2.24, 2.45) is 5.73 Å². The van der Waals surface area contributed by atoms with Gasteiger partial charge in [0.25, 0.3) is 5.91 Å². The molecule has 2 N–H and O–H groups in total. The van der Waals surface area contributed by atoms with Gasteiger partial charge >= 0.3 is 5.97 Å². The zero-order valence-electron chi connectivity index (χ0n) is 18.2. The largest absolute Gasteiger partial charge is 0.488 e. The summed E-state index contributed by atoms with van der Waals surface area (Å²) in [5.74, 6) is -0.0284. The molecule has 3 rings (SSSR count). The number of ether oxygens (including phenoxy) is 2. The average Bonchev–Trinajstić information content (AvgIpc) is 2.85. The number of carbonyl (C=O) groups is 2. The van der Waals surface area contributed by atoms with E-state index in [9.17, 15) is 9.59 Å². The van der Waals surface area contributed by atoms with Crippen LogP contribution in [-0.2, 0) is 17.9 Å². The summed E-state index contributed by atoms with van der Waals surface area (Å²) in [7, 11) is 1.35. The second kappa shape index (κ2) is 11.7. The zero-order valence-corrected chi connectivity index (χ0v) is 18.2. The number of rotatable bonds is 10. The Bertz CT molecular complexity index is 1040. The Morgan fingerprint density at radius 3 is 2.38 bits per heavy atom. The van der Waals surface area contributed by atoms with Crippen molar-refractivity contribution in [3.8, 4) is 5.75 Å². The quantitative estimate of drug-likeness (QED) is 0.489. The van der Waals surface area contributed by atoms with Gasteiger partial charge in [-0.2, -0.15) is 0 Å². The van der Waals surface area contributed by atoms with Crippen LogP contribution in [0.5, 0.6) is 5.75 Å². The van der Waals surface area contributed by atoms with Crippen molar-refractivity contribution in [3.05, 3.63) is 101 Å². The normalized spacial score (nSPS) is 10.4. The average molecular weight is 433 g/mol. The van der Waals surface area contributed by atoms with E-state index in [2.05, 4.69) is 0 Å². The minimum atomic E-state index is -0.411. The van der Waals surface area contributed by atoms with Crippen LogP contribution in [0.3, 0.4) is 0 Å². The summed E-state index contributed by atoms with van der Waals surface area (Å²) >= 11 is 0. The van der Waals surface area contributed by atoms with Crippen molar-refractivity contribution in [2.45, 2.75) is 19.6 Å². The van der Waals surface area contributed by atoms with Crippen LogP contribution >= 0.6 is 0 Å². The molecule has 0 aromatic heterocycles. The number of nitrogens with zero attached hydrogens (tertiary/aromatic N) is 1. The number of para-hydroxylation sites is 1. The van der Waals surface area contributed by atoms with Gasteiger partial charge in [0.1, 0.15) is 12.4 Å². The molecular formula is C26H28N2O4. The summed E-state index contributed by atoms with van der Waals surface area (Å²) in [4.78, 5) is 27.1. The molecule has 3 aromatic rings. The molecule has 0 spiro atoms. The minimum absolute atomic E-state index is 0.148. The predicted octanol–water partition coefficient (Wildman–Crippen LogP) is 4.04. The van der Waals surface area contributed by atoms with Gasteiger partial charge in [-0.25, -0.2) is 4.79 Å². The Morgan fingerprint density at radius 2 is 1.62 bits per heavy atom. The van der Waals surface area contributed by atoms with E-state index in [4.69, 9.17) is 15.2 Å². The second-order valence-corrected chi connectivity index (χ2v) is 7.33. The fourth-order valence-electron chi connectivity index (χ4n) is 3.34. The number of methoxy groups -OCH3 is 1. The van der Waals surface area contributed by atoms with Gasteiger partial charge in [-0.1, -0.05) is 54.6 Å². The lowest BCUT2D eigenvalue weighted by atomic mass is 10.1. The Morgan fingerprint density at radius 1 is 0.906 bits per heavy atom. The Kier molecular flexibility index (Phi) is 8.40. The summed E-state index contributed by atoms with van der Waals surface area (Å²) in [6.07, 6.45) is 0.662. The molecule has 0 aliphatic rings. The number of carbonyl (C=O) groups excluding carboxylic acids is 2. The number of esters is 1. The molecule has 3 aromatic carbocycles. The van der Waals surface area contributed by atoms with Gasteiger partial charge in [-0.3, -0.25) is 4.79 Å². The van der Waals surface area contributed by atoms with Crippen LogP contribution in [0, 0.1) is 0 Å². The molecule has 0 radical (unpaired) electrons. The first kappa shape index (κ1) is 23.0. The molecule has 6 heteroatoms. The summed E-state index contributed by atoms with van der Waals surface area (Å²) in [6.45, 7) is 1.68. The van der Waals surface area contributed by atoms with E-state index in [0.717, 1.165) is 11.1 Å². The molecule has 0 aliphatic heterocycles. The van der Waals surface area contributed by atoms with Gasteiger partial charge in [0.2, 0.25) is 0 Å². The topological polar surface area (TPSA) is 81.9 Å². The lowest BCUT2D eigenvalue weighted by Crippen LogP contribution is -2.33. The third-order valence-electron chi connectivity index (χ3n) is 5.00. The highest BCUT2D eigenvalue weighted by atomic mass is 16.5. The van der Waals surface area contributed by atoms with Crippen molar-refractivity contribution < 1.29 is 19.1 Å². The Labute approximate surface area is 188 Å². The molecule has 6 nitrogen and oxygen atoms in total. The van der Waals surface area contributed by atoms with E-state index >= 15 is 0 Å². The molecular weight excluding hydrogens is 404 g/mol. The summed E-state index contributed by atoms with van der Waals surface area (Å²) in [5.41, 5.74) is 8.50. The molecule has 0 saturated carbocycles. The molecule has 0 atom stereocenters. The molecule has 32 heavy (non-hydrogen) atoms. The smallest absolute Gasteiger partial charge is 0.337 e. The van der Waals surface area contributed by atoms with E-state index in [1.54, 1.807) is 35.2 Å². The van der Waals surface area contributed by atoms with E-state index in [0.29, 0.717) is 49.5 Å². The molecule has 1 amide bonds. The first-order valence-corrected chi connectivity index (χ1v) is 10.5. The van der Waals surface area contributed by atoms with Crippen LogP contribution in [-0.4, -0.2) is 37.0 Å². The van der Waals surface area contributed by atoms with Crippen LogP contribution in [0.15, 0.2) is 78.9 Å². The monoisotopic (exact) mass is 432 g/mol. The van der Waals surface area contributed by atoms with Crippen LogP contribution in [0.4, 0.5) is 0 Å². The van der Waals surface area contributed by atoms with Crippen LogP contribution in [0.1, 0.15) is 38.3 Å². The zero-order chi connectivity index (χ0) is 22.8. The van der Waals surface area contributed by atoms with Gasteiger partial charge in [0.05, 0.1) is 18.2 Å². The summed E-state index contributed by atoms with van der Waals surface area (Å²) in [6, 6.07) is 24.1. The summed E-state index contributed by atoms with van der Waals surface area (Å²) in [5, 5.41) is 0. The number of hydrogen-bond donors (Lipinski definition) is 1. The van der Waals surface area contributed by atoms with Crippen molar-refractivity contribution in [1.82, 2.24) is 4.90 Å². The maximum Gasteiger partial charge on any atom is 0.337 e. The maximum atomic E-state index is 13.5. The van der Waals surface area contributed by atoms with E-state index in [1.165, 1.54) is 7.11 Å². The van der Waals surface area contributed by atoms with Crippen molar-refractivity contribution in [2.75, 3.05) is 20.2 Å². The van der Waals surface area contributed by atoms with Crippen molar-refractivity contribution >= 4 is 11.9 Å². The number of nitrogens with two attached hydrogens (primary N) is 1. The number of hydrogen-bond acceptors (Lipinski definition) is 5. The van der Waals surface area contributed by atoms with Gasteiger partial charge in [0, 0.05) is 13.1 Å². The maximum absolute atomic E-state index is 13.5. The van der Waals surface area contributed by atoms with Gasteiger partial charge in [-0.05, 0) is 48.4 Å². The number of amides is 1. The predicted molar refractivity (Wildman–Crippen MR) is 123 cm³/mol. The third kappa shape index (κ3) is 6.18. The van der Waals surface area contributed by atoms with Gasteiger partial charge in [-0.15, -0.1) is 0 Å². The standard InChI is InChI=1S/C26H28N2O4/c1-31-26(30)22-12-7-11-21(17-22)18-28(16-8-15-27)25(29)23-13-5-6-14-24(23)32-19-20-9-3-2-4-10-20/h2-7,9-14,17H,8,15-16,18-19,27H2,1H3. The van der Waals surface area contributed by atoms with Gasteiger partial charge < -0.3 is 20.1 Å². The van der Waals surface area contributed by atoms with Crippen LogP contribution in [0.2, 0.25) is 0 Å². The molecule has 166 valence electrons. The van der Waals surface area contributed by atoms with E-state index in [1.807, 2.05) is 48.5 Å². The van der Waals surface area contributed by atoms with Crippen LogP contribution < -0.4 is 10.5 Å². The first-order chi connectivity index (χ1) is 15.6. The van der Waals surface area contributed by atoms with Crippen LogP contribution in [0.25, 0.3) is 0 Å². The number of benzene rings is 3.